The molecule has 1 heterocycles. The van der Waals surface area contributed by atoms with Crippen molar-refractivity contribution in [2.75, 3.05) is 33.4 Å². The summed E-state index contributed by atoms with van der Waals surface area (Å²) < 4.78 is 33.0. The normalized spacial score (nSPS) is 16.5. The standard InChI is InChI=1S/C19H30N2O5S/c1-14(2)16-5-6-17(26-3)18(13-16)27(24,25)21-10-7-15(8-11-21)19(23)20-9-4-12-22/h5-6,13-15,22H,4,7-12H2,1-3H3,(H,20,23). The molecule has 2 N–H and O–H groups in total. The number of nitrogens with one attached hydrogen (secondary N) is 1. The number of aliphatic hydroxyl groups is 1. The summed E-state index contributed by atoms with van der Waals surface area (Å²) in [5.41, 5.74) is 0.938. The van der Waals surface area contributed by atoms with Crippen molar-refractivity contribution in [1.82, 2.24) is 9.62 Å². The van der Waals surface area contributed by atoms with E-state index in [1.165, 1.54) is 11.4 Å². The number of piperidine rings is 1. The monoisotopic (exact) mass is 398 g/mol. The Morgan fingerprint density at radius 2 is 2.00 bits per heavy atom. The number of carbonyl (C=O) groups excluding carboxylic acids is 1. The largest absolute Gasteiger partial charge is 0.495 e. The molecule has 0 bridgehead atoms. The van der Waals surface area contributed by atoms with Crippen molar-refractivity contribution in [2.45, 2.75) is 43.9 Å². The first-order valence-electron chi connectivity index (χ1n) is 9.38. The van der Waals surface area contributed by atoms with Crippen LogP contribution >= 0.6 is 0 Å². The maximum Gasteiger partial charge on any atom is 0.246 e. The molecule has 1 aliphatic heterocycles. The highest BCUT2D eigenvalue weighted by Gasteiger charge is 2.33. The summed E-state index contributed by atoms with van der Waals surface area (Å²) >= 11 is 0. The number of nitrogens with zero attached hydrogens (tertiary/aromatic N) is 1. The van der Waals surface area contributed by atoms with Gasteiger partial charge in [-0.3, -0.25) is 4.79 Å². The van der Waals surface area contributed by atoms with Gasteiger partial charge in [0, 0.05) is 32.2 Å². The molecule has 1 aromatic carbocycles. The van der Waals surface area contributed by atoms with Crippen LogP contribution in [-0.4, -0.2) is 57.1 Å². The van der Waals surface area contributed by atoms with E-state index in [9.17, 15) is 13.2 Å². The molecule has 1 aliphatic rings. The quantitative estimate of drug-likeness (QED) is 0.650. The van der Waals surface area contributed by atoms with Crippen molar-refractivity contribution in [3.05, 3.63) is 23.8 Å². The predicted molar refractivity (Wildman–Crippen MR) is 103 cm³/mol. The first-order valence-corrected chi connectivity index (χ1v) is 10.8. The minimum Gasteiger partial charge on any atom is -0.495 e. The molecule has 0 aromatic heterocycles. The van der Waals surface area contributed by atoms with Crippen LogP contribution in [0.3, 0.4) is 0 Å². The van der Waals surface area contributed by atoms with E-state index in [0.717, 1.165) is 5.56 Å². The molecular formula is C19H30N2O5S. The van der Waals surface area contributed by atoms with E-state index >= 15 is 0 Å². The summed E-state index contributed by atoms with van der Waals surface area (Å²) in [5, 5.41) is 11.6. The average Bonchev–Trinajstić information content (AvgIpc) is 2.67. The van der Waals surface area contributed by atoms with E-state index in [-0.39, 0.29) is 29.2 Å². The number of aliphatic hydroxyl groups excluding tert-OH is 1. The molecule has 8 heteroatoms. The molecule has 0 atom stereocenters. The van der Waals surface area contributed by atoms with Crippen LogP contribution < -0.4 is 10.1 Å². The van der Waals surface area contributed by atoms with Gasteiger partial charge < -0.3 is 15.2 Å². The Bertz CT molecular complexity index is 740. The molecule has 27 heavy (non-hydrogen) atoms. The zero-order chi connectivity index (χ0) is 20.0. The fourth-order valence-corrected chi connectivity index (χ4v) is 4.85. The van der Waals surface area contributed by atoms with Gasteiger partial charge in [-0.15, -0.1) is 0 Å². The topological polar surface area (TPSA) is 95.9 Å². The second kappa shape index (κ2) is 9.52. The van der Waals surface area contributed by atoms with Gasteiger partial charge in [0.15, 0.2) is 0 Å². The van der Waals surface area contributed by atoms with Gasteiger partial charge in [-0.2, -0.15) is 4.31 Å². The van der Waals surface area contributed by atoms with Crippen LogP contribution in [0.1, 0.15) is 44.6 Å². The fourth-order valence-electron chi connectivity index (χ4n) is 3.19. The Hall–Kier alpha value is -1.64. The molecule has 0 spiro atoms. The van der Waals surface area contributed by atoms with E-state index in [4.69, 9.17) is 9.84 Å². The van der Waals surface area contributed by atoms with E-state index < -0.39 is 10.0 Å². The maximum absolute atomic E-state index is 13.1. The van der Waals surface area contributed by atoms with Gasteiger partial charge in [-0.1, -0.05) is 19.9 Å². The molecule has 0 unspecified atom stereocenters. The average molecular weight is 399 g/mol. The zero-order valence-electron chi connectivity index (χ0n) is 16.3. The predicted octanol–water partition coefficient (Wildman–Crippen LogP) is 1.72. The van der Waals surface area contributed by atoms with E-state index in [0.29, 0.717) is 44.6 Å². The number of sulfonamides is 1. The van der Waals surface area contributed by atoms with Crippen LogP contribution in [0.4, 0.5) is 0 Å². The van der Waals surface area contributed by atoms with E-state index in [1.807, 2.05) is 19.9 Å². The second-order valence-electron chi connectivity index (χ2n) is 7.11. The molecule has 7 nitrogen and oxygen atoms in total. The lowest BCUT2D eigenvalue weighted by atomic mass is 9.97. The Balaban J connectivity index is 2.11. The summed E-state index contributed by atoms with van der Waals surface area (Å²) in [5.74, 6) is 0.278. The summed E-state index contributed by atoms with van der Waals surface area (Å²) in [6.45, 7) is 5.10. The van der Waals surface area contributed by atoms with Crippen molar-refractivity contribution in [3.63, 3.8) is 0 Å². The van der Waals surface area contributed by atoms with Gasteiger partial charge in [-0.25, -0.2) is 8.42 Å². The number of ether oxygens (including phenoxy) is 1. The van der Waals surface area contributed by atoms with Gasteiger partial charge in [-0.05, 0) is 42.9 Å². The molecule has 1 amide bonds. The van der Waals surface area contributed by atoms with Crippen LogP contribution in [0.2, 0.25) is 0 Å². The van der Waals surface area contributed by atoms with E-state index in [1.54, 1.807) is 12.1 Å². The number of hydrogen-bond donors (Lipinski definition) is 2. The van der Waals surface area contributed by atoms with Crippen LogP contribution in [0.25, 0.3) is 0 Å². The molecule has 0 saturated carbocycles. The smallest absolute Gasteiger partial charge is 0.246 e. The lowest BCUT2D eigenvalue weighted by Crippen LogP contribution is -2.43. The SMILES string of the molecule is COc1ccc(C(C)C)cc1S(=O)(=O)N1CCC(C(=O)NCCCO)CC1. The third-order valence-corrected chi connectivity index (χ3v) is 6.85. The summed E-state index contributed by atoms with van der Waals surface area (Å²) in [6.07, 6.45) is 1.48. The number of rotatable bonds is 8. The Morgan fingerprint density at radius 1 is 1.33 bits per heavy atom. The van der Waals surface area contributed by atoms with Crippen LogP contribution in [-0.2, 0) is 14.8 Å². The Morgan fingerprint density at radius 3 is 2.56 bits per heavy atom. The van der Waals surface area contributed by atoms with Crippen LogP contribution in [0.15, 0.2) is 23.1 Å². The molecular weight excluding hydrogens is 368 g/mol. The van der Waals surface area contributed by atoms with Gasteiger partial charge in [0.1, 0.15) is 10.6 Å². The summed E-state index contributed by atoms with van der Waals surface area (Å²) in [4.78, 5) is 12.3. The number of hydrogen-bond acceptors (Lipinski definition) is 5. The first-order chi connectivity index (χ1) is 12.8. The molecule has 1 saturated heterocycles. The van der Waals surface area contributed by atoms with E-state index in [2.05, 4.69) is 5.32 Å². The highest BCUT2D eigenvalue weighted by Crippen LogP contribution is 2.32. The highest BCUT2D eigenvalue weighted by atomic mass is 32.2. The molecule has 1 aromatic rings. The number of amides is 1. The Kier molecular flexibility index (Phi) is 7.64. The lowest BCUT2D eigenvalue weighted by Gasteiger charge is -2.31. The highest BCUT2D eigenvalue weighted by molar-refractivity contribution is 7.89. The lowest BCUT2D eigenvalue weighted by molar-refractivity contribution is -0.126. The van der Waals surface area contributed by atoms with Gasteiger partial charge in [0.25, 0.3) is 0 Å². The molecule has 0 aliphatic carbocycles. The first kappa shape index (κ1) is 21.7. The van der Waals surface area contributed by atoms with Crippen LogP contribution in [0.5, 0.6) is 5.75 Å². The molecule has 2 rings (SSSR count). The number of benzene rings is 1. The number of methoxy groups -OCH3 is 1. The minimum absolute atomic E-state index is 0.0360. The molecule has 0 radical (unpaired) electrons. The molecule has 152 valence electrons. The second-order valence-corrected chi connectivity index (χ2v) is 9.02. The third-order valence-electron chi connectivity index (χ3n) is 4.93. The number of carbonyl (C=O) groups is 1. The van der Waals surface area contributed by atoms with Crippen molar-refractivity contribution < 1.29 is 23.1 Å². The van der Waals surface area contributed by atoms with Gasteiger partial charge in [0.2, 0.25) is 15.9 Å². The maximum atomic E-state index is 13.1. The zero-order valence-corrected chi connectivity index (χ0v) is 17.1. The third kappa shape index (κ3) is 5.21. The summed E-state index contributed by atoms with van der Waals surface area (Å²) in [7, 11) is -2.22. The summed E-state index contributed by atoms with van der Waals surface area (Å²) in [6, 6.07) is 5.27. The minimum atomic E-state index is -3.69. The van der Waals surface area contributed by atoms with Crippen molar-refractivity contribution in [2.24, 2.45) is 5.92 Å². The van der Waals surface area contributed by atoms with Gasteiger partial charge >= 0.3 is 0 Å². The molecule has 1 fully saturated rings. The van der Waals surface area contributed by atoms with Gasteiger partial charge in [0.05, 0.1) is 7.11 Å². The van der Waals surface area contributed by atoms with Crippen molar-refractivity contribution >= 4 is 15.9 Å². The van der Waals surface area contributed by atoms with Crippen LogP contribution in [0, 0.1) is 5.92 Å². The van der Waals surface area contributed by atoms with Crippen molar-refractivity contribution in [3.8, 4) is 5.75 Å². The fraction of sp³-hybridized carbons (Fsp3) is 0.632. The Labute approximate surface area is 161 Å². The van der Waals surface area contributed by atoms with Crippen molar-refractivity contribution in [1.29, 1.82) is 0 Å².